The van der Waals surface area contributed by atoms with E-state index in [-0.39, 0.29) is 0 Å². The van der Waals surface area contributed by atoms with Crippen molar-refractivity contribution in [2.45, 2.75) is 84.0 Å². The van der Waals surface area contributed by atoms with Crippen molar-refractivity contribution in [1.29, 1.82) is 0 Å². The smallest absolute Gasteiger partial charge is 0.221 e. The Hall–Kier alpha value is -0.120. The molecule has 0 aliphatic rings. The van der Waals surface area contributed by atoms with Gasteiger partial charge in [0.1, 0.15) is 0 Å². The third-order valence-corrected chi connectivity index (χ3v) is 3.57. The van der Waals surface area contributed by atoms with E-state index in [0.717, 1.165) is 13.0 Å². The molecule has 18 heavy (non-hydrogen) atoms. The van der Waals surface area contributed by atoms with E-state index in [1.165, 1.54) is 64.7 Å². The van der Waals surface area contributed by atoms with Gasteiger partial charge in [-0.05, 0) is 13.5 Å². The van der Waals surface area contributed by atoms with Crippen LogP contribution in [0.1, 0.15) is 78.1 Å². The molecule has 0 saturated heterocycles. The molecule has 0 aromatic carbocycles. The van der Waals surface area contributed by atoms with Gasteiger partial charge in [-0.15, -0.1) is 0 Å². The van der Waals surface area contributed by atoms with E-state index < -0.39 is 5.91 Å². The molecule has 110 valence electrons. The second-order valence-electron chi connectivity index (χ2n) is 5.57. The van der Waals surface area contributed by atoms with Crippen LogP contribution in [0.15, 0.2) is 0 Å². The van der Waals surface area contributed by atoms with Crippen molar-refractivity contribution < 1.29 is 10.2 Å². The van der Waals surface area contributed by atoms with Gasteiger partial charge < -0.3 is 10.2 Å². The average Bonchev–Trinajstić information content (AvgIpc) is 2.30. The Morgan fingerprint density at radius 1 is 0.778 bits per heavy atom. The first-order valence-corrected chi connectivity index (χ1v) is 7.64. The van der Waals surface area contributed by atoms with E-state index >= 15 is 0 Å². The van der Waals surface area contributed by atoms with Gasteiger partial charge in [0, 0.05) is 13.5 Å². The fourth-order valence-electron chi connectivity index (χ4n) is 2.05. The third-order valence-electron chi connectivity index (χ3n) is 3.57. The Morgan fingerprint density at radius 3 is 1.56 bits per heavy atom. The molecule has 3 heteroatoms. The van der Waals surface area contributed by atoms with Gasteiger partial charge in [-0.2, -0.15) is 0 Å². The van der Waals surface area contributed by atoms with Crippen molar-refractivity contribution in [2.24, 2.45) is 0 Å². The molecule has 0 aliphatic carbocycles. The number of nitrogens with zero attached hydrogens (tertiary/aromatic N) is 1. The second-order valence-corrected chi connectivity index (χ2v) is 5.57. The molecule has 0 atom stereocenters. The monoisotopic (exact) mass is 259 g/mol. The Bertz CT molecular complexity index is 178. The molecule has 0 aliphatic heterocycles. The molecule has 0 heterocycles. The van der Waals surface area contributed by atoms with E-state index in [9.17, 15) is 10.2 Å². The maximum Gasteiger partial charge on any atom is 0.221 e. The number of hydrogen-bond donors (Lipinski definition) is 2. The predicted molar refractivity (Wildman–Crippen MR) is 77.3 cm³/mol. The summed E-state index contributed by atoms with van der Waals surface area (Å²) < 4.78 is 0. The summed E-state index contributed by atoms with van der Waals surface area (Å²) in [4.78, 5) is 1.58. The summed E-state index contributed by atoms with van der Waals surface area (Å²) in [5, 5.41) is 18.6. The molecule has 3 nitrogen and oxygen atoms in total. The SMILES string of the molecule is CCCCCCCCCCCCN(C)C(C)(O)O. The van der Waals surface area contributed by atoms with Crippen LogP contribution in [0.3, 0.4) is 0 Å². The third kappa shape index (κ3) is 11.0. The lowest BCUT2D eigenvalue weighted by Crippen LogP contribution is -2.43. The van der Waals surface area contributed by atoms with Gasteiger partial charge in [-0.3, -0.25) is 4.90 Å². The predicted octanol–water partition coefficient (Wildman–Crippen LogP) is 3.50. The van der Waals surface area contributed by atoms with Gasteiger partial charge in [0.2, 0.25) is 5.91 Å². The Balaban J connectivity index is 3.17. The molecule has 2 N–H and O–H groups in total. The lowest BCUT2D eigenvalue weighted by Gasteiger charge is -2.28. The maximum atomic E-state index is 9.31. The van der Waals surface area contributed by atoms with Crippen LogP contribution >= 0.6 is 0 Å². The summed E-state index contributed by atoms with van der Waals surface area (Å²) in [6, 6.07) is 0. The molecule has 0 rings (SSSR count). The first kappa shape index (κ1) is 17.9. The molecule has 0 spiro atoms. The minimum Gasteiger partial charge on any atom is -0.353 e. The van der Waals surface area contributed by atoms with Crippen molar-refractivity contribution in [3.05, 3.63) is 0 Å². The highest BCUT2D eigenvalue weighted by Gasteiger charge is 2.20. The maximum absolute atomic E-state index is 9.31. The summed E-state index contributed by atoms with van der Waals surface area (Å²) in [6.07, 6.45) is 13.1. The van der Waals surface area contributed by atoms with Crippen LogP contribution in [-0.2, 0) is 0 Å². The highest BCUT2D eigenvalue weighted by atomic mass is 16.5. The lowest BCUT2D eigenvalue weighted by molar-refractivity contribution is -0.242. The Kier molecular flexibility index (Phi) is 10.7. The Morgan fingerprint density at radius 2 is 1.17 bits per heavy atom. The minimum absolute atomic E-state index is 0.750. The number of aliphatic hydroxyl groups is 2. The minimum atomic E-state index is -1.67. The summed E-state index contributed by atoms with van der Waals surface area (Å²) in [7, 11) is 1.74. The zero-order chi connectivity index (χ0) is 13.9. The average molecular weight is 259 g/mol. The summed E-state index contributed by atoms with van der Waals surface area (Å²) >= 11 is 0. The molecule has 0 bridgehead atoms. The van der Waals surface area contributed by atoms with Gasteiger partial charge in [-0.1, -0.05) is 64.7 Å². The molecule has 0 radical (unpaired) electrons. The van der Waals surface area contributed by atoms with Crippen molar-refractivity contribution in [3.8, 4) is 0 Å². The summed E-state index contributed by atoms with van der Waals surface area (Å²) in [5.41, 5.74) is 0. The van der Waals surface area contributed by atoms with E-state index in [1.54, 1.807) is 11.9 Å². The van der Waals surface area contributed by atoms with Crippen molar-refractivity contribution >= 4 is 0 Å². The van der Waals surface area contributed by atoms with Gasteiger partial charge in [0.05, 0.1) is 0 Å². The highest BCUT2D eigenvalue weighted by Crippen LogP contribution is 2.11. The van der Waals surface area contributed by atoms with Crippen molar-refractivity contribution in [3.63, 3.8) is 0 Å². The standard InChI is InChI=1S/C15H33NO2/c1-4-5-6-7-8-9-10-11-12-13-14-16(3)15(2,17)18/h17-18H,4-14H2,1-3H3. The van der Waals surface area contributed by atoms with Gasteiger partial charge >= 0.3 is 0 Å². The Labute approximate surface area is 113 Å². The van der Waals surface area contributed by atoms with E-state index in [0.29, 0.717) is 0 Å². The lowest BCUT2D eigenvalue weighted by atomic mass is 10.1. The largest absolute Gasteiger partial charge is 0.353 e. The zero-order valence-corrected chi connectivity index (χ0v) is 12.6. The quantitative estimate of drug-likeness (QED) is 0.416. The van der Waals surface area contributed by atoms with Crippen LogP contribution in [-0.4, -0.2) is 34.6 Å². The van der Waals surface area contributed by atoms with Crippen molar-refractivity contribution in [1.82, 2.24) is 4.90 Å². The molecule has 0 amide bonds. The molecule has 0 saturated carbocycles. The summed E-state index contributed by atoms with van der Waals surface area (Å²) in [5.74, 6) is -1.67. The van der Waals surface area contributed by atoms with E-state index in [2.05, 4.69) is 6.92 Å². The molecule has 0 unspecified atom stereocenters. The molecular weight excluding hydrogens is 226 g/mol. The van der Waals surface area contributed by atoms with Crippen LogP contribution < -0.4 is 0 Å². The van der Waals surface area contributed by atoms with Crippen LogP contribution in [0.4, 0.5) is 0 Å². The zero-order valence-electron chi connectivity index (χ0n) is 12.6. The summed E-state index contributed by atoms with van der Waals surface area (Å²) in [6.45, 7) is 4.41. The topological polar surface area (TPSA) is 43.7 Å². The second kappa shape index (κ2) is 10.8. The van der Waals surface area contributed by atoms with Crippen LogP contribution in [0, 0.1) is 0 Å². The number of unbranched alkanes of at least 4 members (excludes halogenated alkanes) is 9. The first-order valence-electron chi connectivity index (χ1n) is 7.64. The first-order chi connectivity index (χ1) is 8.48. The van der Waals surface area contributed by atoms with Crippen LogP contribution in [0.25, 0.3) is 0 Å². The van der Waals surface area contributed by atoms with Gasteiger partial charge in [0.15, 0.2) is 0 Å². The number of hydrogen-bond acceptors (Lipinski definition) is 3. The van der Waals surface area contributed by atoms with Gasteiger partial charge in [-0.25, -0.2) is 0 Å². The van der Waals surface area contributed by atoms with Crippen molar-refractivity contribution in [2.75, 3.05) is 13.6 Å². The van der Waals surface area contributed by atoms with E-state index in [4.69, 9.17) is 0 Å². The van der Waals surface area contributed by atoms with Gasteiger partial charge in [0.25, 0.3) is 0 Å². The molecule has 0 aromatic rings. The highest BCUT2D eigenvalue weighted by molar-refractivity contribution is 4.58. The fourth-order valence-corrected chi connectivity index (χ4v) is 2.05. The van der Waals surface area contributed by atoms with Crippen LogP contribution in [0.5, 0.6) is 0 Å². The molecule has 0 fully saturated rings. The van der Waals surface area contributed by atoms with Crippen LogP contribution in [0.2, 0.25) is 0 Å². The fraction of sp³-hybridized carbons (Fsp3) is 1.00. The molecular formula is C15H33NO2. The normalized spacial score (nSPS) is 12.3. The number of rotatable bonds is 12. The molecule has 0 aromatic heterocycles. The van der Waals surface area contributed by atoms with E-state index in [1.807, 2.05) is 0 Å².